The molecule has 3 aromatic carbocycles. The second-order valence-corrected chi connectivity index (χ2v) is 7.77. The molecule has 0 aromatic heterocycles. The molecule has 1 fully saturated rings. The van der Waals surface area contributed by atoms with Gasteiger partial charge in [0.1, 0.15) is 23.7 Å². The Bertz CT molecular complexity index is 1070. The SMILES string of the molecule is O=C1O[C@H](CC[C@H](O)c2ccc(F)cc2)[C@@H](c2ccc(CO)cc2O)N1c1ccccc1. The minimum absolute atomic E-state index is 0.0511. The van der Waals surface area contributed by atoms with E-state index in [9.17, 15) is 24.5 Å². The predicted molar refractivity (Wildman–Crippen MR) is 117 cm³/mol. The predicted octanol–water partition coefficient (Wildman–Crippen LogP) is 4.60. The summed E-state index contributed by atoms with van der Waals surface area (Å²) in [6.45, 7) is -0.219. The van der Waals surface area contributed by atoms with Gasteiger partial charge in [-0.15, -0.1) is 0 Å². The Morgan fingerprint density at radius 1 is 1.03 bits per heavy atom. The summed E-state index contributed by atoms with van der Waals surface area (Å²) < 4.78 is 18.8. The summed E-state index contributed by atoms with van der Waals surface area (Å²) in [5.41, 5.74) is 2.22. The van der Waals surface area contributed by atoms with Crippen LogP contribution in [0.2, 0.25) is 0 Å². The van der Waals surface area contributed by atoms with Crippen LogP contribution in [-0.2, 0) is 11.3 Å². The monoisotopic (exact) mass is 437 g/mol. The highest BCUT2D eigenvalue weighted by molar-refractivity contribution is 5.91. The number of aliphatic hydroxyl groups excluding tert-OH is 2. The van der Waals surface area contributed by atoms with Crippen molar-refractivity contribution >= 4 is 11.8 Å². The summed E-state index contributed by atoms with van der Waals surface area (Å²) in [5.74, 6) is -0.434. The zero-order chi connectivity index (χ0) is 22.7. The van der Waals surface area contributed by atoms with Gasteiger partial charge in [-0.3, -0.25) is 4.90 Å². The minimum Gasteiger partial charge on any atom is -0.508 e. The van der Waals surface area contributed by atoms with Crippen molar-refractivity contribution in [2.24, 2.45) is 0 Å². The van der Waals surface area contributed by atoms with Crippen molar-refractivity contribution in [3.05, 3.63) is 95.3 Å². The Hall–Kier alpha value is -3.42. The van der Waals surface area contributed by atoms with Gasteiger partial charge in [-0.05, 0) is 54.3 Å². The highest BCUT2D eigenvalue weighted by Crippen LogP contribution is 2.43. The van der Waals surface area contributed by atoms with E-state index < -0.39 is 24.3 Å². The van der Waals surface area contributed by atoms with E-state index >= 15 is 0 Å². The Labute approximate surface area is 185 Å². The molecule has 166 valence electrons. The number of ether oxygens (including phenoxy) is 1. The highest BCUT2D eigenvalue weighted by atomic mass is 19.1. The van der Waals surface area contributed by atoms with Crippen LogP contribution in [0.25, 0.3) is 0 Å². The van der Waals surface area contributed by atoms with E-state index in [1.165, 1.54) is 35.2 Å². The van der Waals surface area contributed by atoms with Gasteiger partial charge in [0.2, 0.25) is 0 Å². The lowest BCUT2D eigenvalue weighted by Gasteiger charge is -2.26. The molecule has 1 heterocycles. The first kappa shape index (κ1) is 21.8. The van der Waals surface area contributed by atoms with Gasteiger partial charge in [0.05, 0.1) is 12.7 Å². The zero-order valence-electron chi connectivity index (χ0n) is 17.3. The first-order chi connectivity index (χ1) is 15.5. The Morgan fingerprint density at radius 2 is 1.75 bits per heavy atom. The molecule has 1 amide bonds. The minimum atomic E-state index is -0.855. The fourth-order valence-electron chi connectivity index (χ4n) is 4.05. The molecule has 0 unspecified atom stereocenters. The zero-order valence-corrected chi connectivity index (χ0v) is 17.3. The smallest absolute Gasteiger partial charge is 0.415 e. The van der Waals surface area contributed by atoms with E-state index in [1.54, 1.807) is 36.4 Å². The fraction of sp³-hybridized carbons (Fsp3) is 0.240. The van der Waals surface area contributed by atoms with Crippen LogP contribution in [0, 0.1) is 5.82 Å². The molecule has 0 radical (unpaired) electrons. The molecule has 3 atom stereocenters. The Morgan fingerprint density at radius 3 is 2.41 bits per heavy atom. The molecule has 0 saturated carbocycles. The van der Waals surface area contributed by atoms with Gasteiger partial charge in [0, 0.05) is 11.3 Å². The Kier molecular flexibility index (Phi) is 6.39. The quantitative estimate of drug-likeness (QED) is 0.503. The van der Waals surface area contributed by atoms with Crippen LogP contribution in [0.3, 0.4) is 0 Å². The number of rotatable bonds is 7. The maximum absolute atomic E-state index is 13.2. The first-order valence-electron chi connectivity index (χ1n) is 10.4. The number of hydrogen-bond acceptors (Lipinski definition) is 5. The van der Waals surface area contributed by atoms with Gasteiger partial charge in [-0.25, -0.2) is 9.18 Å². The molecule has 4 rings (SSSR count). The summed E-state index contributed by atoms with van der Waals surface area (Å²) in [6, 6.07) is 18.8. The second kappa shape index (κ2) is 9.38. The molecule has 7 heteroatoms. The topological polar surface area (TPSA) is 90.2 Å². The molecule has 3 aromatic rings. The molecule has 0 aliphatic carbocycles. The van der Waals surface area contributed by atoms with Crippen molar-refractivity contribution < 1.29 is 29.2 Å². The number of carbonyl (C=O) groups is 1. The van der Waals surface area contributed by atoms with Gasteiger partial charge in [-0.1, -0.05) is 42.5 Å². The third-order valence-electron chi connectivity index (χ3n) is 5.69. The molecule has 3 N–H and O–H groups in total. The number of amides is 1. The van der Waals surface area contributed by atoms with Crippen molar-refractivity contribution in [3.8, 4) is 5.75 Å². The summed E-state index contributed by atoms with van der Waals surface area (Å²) in [5, 5.41) is 30.6. The first-order valence-corrected chi connectivity index (χ1v) is 10.4. The number of nitrogens with zero attached hydrogens (tertiary/aromatic N) is 1. The second-order valence-electron chi connectivity index (χ2n) is 7.77. The van der Waals surface area contributed by atoms with Gasteiger partial charge in [0.25, 0.3) is 0 Å². The van der Waals surface area contributed by atoms with Crippen LogP contribution < -0.4 is 4.90 Å². The maximum atomic E-state index is 13.2. The average Bonchev–Trinajstić information content (AvgIpc) is 3.14. The van der Waals surface area contributed by atoms with E-state index in [0.717, 1.165) is 0 Å². The molecular weight excluding hydrogens is 413 g/mol. The van der Waals surface area contributed by atoms with Crippen molar-refractivity contribution in [1.29, 1.82) is 0 Å². The number of phenolic OH excluding ortho intramolecular Hbond substituents is 1. The lowest BCUT2D eigenvalue weighted by atomic mass is 9.93. The molecule has 1 aliphatic rings. The van der Waals surface area contributed by atoms with Crippen molar-refractivity contribution in [1.82, 2.24) is 0 Å². The van der Waals surface area contributed by atoms with Crippen LogP contribution in [-0.4, -0.2) is 27.5 Å². The molecule has 6 nitrogen and oxygen atoms in total. The Balaban J connectivity index is 1.63. The standard InChI is InChI=1S/C25H24FNO5/c26-18-9-7-17(8-10-18)21(29)12-13-23-24(20-11-6-16(15-28)14-22(20)30)27(25(31)32-23)19-4-2-1-3-5-19/h1-11,14,21,23-24,28-30H,12-13,15H2/t21-,23+,24+/m0/s1. The van der Waals surface area contributed by atoms with Crippen LogP contribution in [0.4, 0.5) is 14.9 Å². The van der Waals surface area contributed by atoms with Crippen molar-refractivity contribution in [3.63, 3.8) is 0 Å². The molecule has 1 aliphatic heterocycles. The van der Waals surface area contributed by atoms with Crippen molar-refractivity contribution in [2.45, 2.75) is 37.7 Å². The number of cyclic esters (lactones) is 1. The van der Waals surface area contributed by atoms with Gasteiger partial charge >= 0.3 is 6.09 Å². The molecule has 0 spiro atoms. The molecular formula is C25H24FNO5. The van der Waals surface area contributed by atoms with E-state index in [2.05, 4.69) is 0 Å². The highest BCUT2D eigenvalue weighted by Gasteiger charge is 2.44. The average molecular weight is 437 g/mol. The number of phenols is 1. The van der Waals surface area contributed by atoms with E-state index in [-0.39, 0.29) is 24.6 Å². The summed E-state index contributed by atoms with van der Waals surface area (Å²) in [6.07, 6.45) is -1.44. The number of aliphatic hydroxyl groups is 2. The van der Waals surface area contributed by atoms with Gasteiger partial charge in [0.15, 0.2) is 0 Å². The van der Waals surface area contributed by atoms with E-state index in [0.29, 0.717) is 28.8 Å². The summed E-state index contributed by atoms with van der Waals surface area (Å²) in [7, 11) is 0. The molecule has 32 heavy (non-hydrogen) atoms. The normalized spacial score (nSPS) is 19.1. The van der Waals surface area contributed by atoms with Crippen LogP contribution in [0.5, 0.6) is 5.75 Å². The number of para-hydroxylation sites is 1. The van der Waals surface area contributed by atoms with Crippen molar-refractivity contribution in [2.75, 3.05) is 4.90 Å². The third-order valence-corrected chi connectivity index (χ3v) is 5.69. The maximum Gasteiger partial charge on any atom is 0.415 e. The number of benzene rings is 3. The van der Waals surface area contributed by atoms with Gasteiger partial charge < -0.3 is 20.1 Å². The largest absolute Gasteiger partial charge is 0.508 e. The van der Waals surface area contributed by atoms with Gasteiger partial charge in [-0.2, -0.15) is 0 Å². The third kappa shape index (κ3) is 4.44. The lowest BCUT2D eigenvalue weighted by Crippen LogP contribution is -2.29. The number of aromatic hydroxyl groups is 1. The summed E-state index contributed by atoms with van der Waals surface area (Å²) in [4.78, 5) is 14.3. The van der Waals surface area contributed by atoms with Crippen LogP contribution in [0.1, 0.15) is 41.7 Å². The number of carbonyl (C=O) groups excluding carboxylic acids is 1. The van der Waals surface area contributed by atoms with Crippen LogP contribution >= 0.6 is 0 Å². The van der Waals surface area contributed by atoms with E-state index in [4.69, 9.17) is 4.74 Å². The fourth-order valence-corrected chi connectivity index (χ4v) is 4.05. The molecule has 1 saturated heterocycles. The van der Waals surface area contributed by atoms with Crippen LogP contribution in [0.15, 0.2) is 72.8 Å². The number of hydrogen-bond donors (Lipinski definition) is 3. The number of anilines is 1. The number of halogens is 1. The molecule has 0 bridgehead atoms. The summed E-state index contributed by atoms with van der Waals surface area (Å²) >= 11 is 0. The lowest BCUT2D eigenvalue weighted by molar-refractivity contribution is 0.100. The van der Waals surface area contributed by atoms with E-state index in [1.807, 2.05) is 6.07 Å².